The molecular formula is C23H19Cl2N5OS. The van der Waals surface area contributed by atoms with Gasteiger partial charge in [-0.1, -0.05) is 40.9 Å². The second kappa shape index (κ2) is 9.56. The first-order chi connectivity index (χ1) is 15.4. The van der Waals surface area contributed by atoms with E-state index in [0.29, 0.717) is 37.4 Å². The van der Waals surface area contributed by atoms with Gasteiger partial charge in [0.1, 0.15) is 21.8 Å². The van der Waals surface area contributed by atoms with Gasteiger partial charge in [0.25, 0.3) is 5.91 Å². The molecule has 0 atom stereocenters. The molecule has 0 aliphatic heterocycles. The molecule has 9 heteroatoms. The van der Waals surface area contributed by atoms with Gasteiger partial charge in [-0.2, -0.15) is 0 Å². The number of thiophene rings is 1. The number of amides is 1. The number of benzene rings is 2. The van der Waals surface area contributed by atoms with Crippen molar-refractivity contribution >= 4 is 69.1 Å². The fourth-order valence-electron chi connectivity index (χ4n) is 2.96. The highest BCUT2D eigenvalue weighted by Gasteiger charge is 2.14. The topological polar surface area (TPSA) is 78.9 Å². The number of nitrogens with zero attached hydrogens (tertiary/aromatic N) is 2. The largest absolute Gasteiger partial charge is 0.340 e. The number of hydrogen-bond donors (Lipinski definition) is 3. The molecule has 0 aliphatic rings. The lowest BCUT2D eigenvalue weighted by Crippen LogP contribution is -2.11. The van der Waals surface area contributed by atoms with E-state index in [1.54, 1.807) is 18.2 Å². The number of hydrogen-bond acceptors (Lipinski definition) is 6. The van der Waals surface area contributed by atoms with Crippen molar-refractivity contribution in [3.05, 3.63) is 86.3 Å². The Kier molecular flexibility index (Phi) is 6.60. The maximum Gasteiger partial charge on any atom is 0.258 e. The van der Waals surface area contributed by atoms with Crippen LogP contribution in [0.2, 0.25) is 8.67 Å². The Labute approximate surface area is 199 Å². The van der Waals surface area contributed by atoms with E-state index >= 15 is 0 Å². The second-order valence-electron chi connectivity index (χ2n) is 7.07. The molecule has 4 aromatic rings. The van der Waals surface area contributed by atoms with Crippen molar-refractivity contribution in [1.82, 2.24) is 9.97 Å². The third kappa shape index (κ3) is 5.56. The molecule has 0 radical (unpaired) electrons. The van der Waals surface area contributed by atoms with E-state index in [2.05, 4.69) is 25.9 Å². The molecule has 0 fully saturated rings. The average Bonchev–Trinajstić information content (AvgIpc) is 3.09. The van der Waals surface area contributed by atoms with Gasteiger partial charge in [-0.05, 0) is 56.3 Å². The molecule has 2 aromatic carbocycles. The Morgan fingerprint density at radius 2 is 1.34 bits per heavy atom. The third-order valence-corrected chi connectivity index (χ3v) is 5.97. The lowest BCUT2D eigenvalue weighted by Gasteiger charge is -2.11. The fraction of sp³-hybridized carbons (Fsp3) is 0.0870. The number of carbonyl (C=O) groups is 1. The lowest BCUT2D eigenvalue weighted by atomic mass is 10.2. The molecule has 2 heterocycles. The maximum absolute atomic E-state index is 12.4. The Balaban J connectivity index is 1.44. The summed E-state index contributed by atoms with van der Waals surface area (Å²) in [4.78, 5) is 21.3. The number of nitrogens with one attached hydrogen (secondary N) is 3. The summed E-state index contributed by atoms with van der Waals surface area (Å²) in [5.74, 6) is 1.68. The molecule has 162 valence electrons. The van der Waals surface area contributed by atoms with Crippen LogP contribution in [0.15, 0.2) is 60.7 Å². The first-order valence-electron chi connectivity index (χ1n) is 9.68. The summed E-state index contributed by atoms with van der Waals surface area (Å²) >= 11 is 13.1. The Hall–Kier alpha value is -3.13. The van der Waals surface area contributed by atoms with E-state index in [0.717, 1.165) is 22.7 Å². The van der Waals surface area contributed by atoms with Crippen molar-refractivity contribution in [3.8, 4) is 0 Å². The zero-order valence-electron chi connectivity index (χ0n) is 17.2. The monoisotopic (exact) mass is 483 g/mol. The van der Waals surface area contributed by atoms with E-state index in [4.69, 9.17) is 23.2 Å². The van der Waals surface area contributed by atoms with E-state index in [1.807, 2.05) is 56.3 Å². The van der Waals surface area contributed by atoms with Gasteiger partial charge >= 0.3 is 0 Å². The number of aromatic nitrogens is 2. The normalized spacial score (nSPS) is 10.6. The molecule has 0 bridgehead atoms. The van der Waals surface area contributed by atoms with Crippen molar-refractivity contribution < 1.29 is 4.79 Å². The molecule has 0 unspecified atom stereocenters. The quantitative estimate of drug-likeness (QED) is 0.270. The van der Waals surface area contributed by atoms with Gasteiger partial charge in [0.15, 0.2) is 0 Å². The molecule has 3 N–H and O–H groups in total. The van der Waals surface area contributed by atoms with Crippen LogP contribution in [0.5, 0.6) is 0 Å². The molecule has 0 aliphatic carbocycles. The molecule has 6 nitrogen and oxygen atoms in total. The number of anilines is 5. The summed E-state index contributed by atoms with van der Waals surface area (Å²) in [5, 5.41) is 9.37. The van der Waals surface area contributed by atoms with Crippen LogP contribution in [0.1, 0.15) is 21.7 Å². The molecule has 32 heavy (non-hydrogen) atoms. The summed E-state index contributed by atoms with van der Waals surface area (Å²) in [7, 11) is 0. The number of carbonyl (C=O) groups excluding carboxylic acids is 1. The van der Waals surface area contributed by atoms with E-state index in [-0.39, 0.29) is 5.91 Å². The summed E-state index contributed by atoms with van der Waals surface area (Å²) in [5.41, 5.74) is 3.96. The first kappa shape index (κ1) is 22.1. The van der Waals surface area contributed by atoms with Crippen LogP contribution in [0, 0.1) is 13.8 Å². The van der Waals surface area contributed by atoms with Crippen LogP contribution in [0.3, 0.4) is 0 Å². The van der Waals surface area contributed by atoms with E-state index in [1.165, 1.54) is 5.56 Å². The second-order valence-corrected chi connectivity index (χ2v) is 9.36. The van der Waals surface area contributed by atoms with Crippen molar-refractivity contribution in [3.63, 3.8) is 0 Å². The van der Waals surface area contributed by atoms with Crippen LogP contribution in [-0.4, -0.2) is 15.9 Å². The molecule has 1 amide bonds. The summed E-state index contributed by atoms with van der Waals surface area (Å²) in [6.07, 6.45) is 0. The molecule has 0 saturated heterocycles. The van der Waals surface area contributed by atoms with Crippen LogP contribution < -0.4 is 16.0 Å². The number of rotatable bonds is 6. The fourth-order valence-corrected chi connectivity index (χ4v) is 4.42. The van der Waals surface area contributed by atoms with Crippen molar-refractivity contribution in [1.29, 1.82) is 0 Å². The lowest BCUT2D eigenvalue weighted by molar-refractivity contribution is 0.102. The molecule has 0 spiro atoms. The van der Waals surface area contributed by atoms with E-state index in [9.17, 15) is 4.79 Å². The predicted octanol–water partition coefficient (Wildman–Crippen LogP) is 7.20. The van der Waals surface area contributed by atoms with Gasteiger partial charge < -0.3 is 16.0 Å². The minimum atomic E-state index is -0.308. The van der Waals surface area contributed by atoms with Crippen LogP contribution >= 0.6 is 34.5 Å². The average molecular weight is 484 g/mol. The predicted molar refractivity (Wildman–Crippen MR) is 133 cm³/mol. The van der Waals surface area contributed by atoms with Gasteiger partial charge in [0, 0.05) is 23.1 Å². The summed E-state index contributed by atoms with van der Waals surface area (Å²) in [6, 6.07) is 18.8. The van der Waals surface area contributed by atoms with Crippen LogP contribution in [-0.2, 0) is 0 Å². The Bertz CT molecular complexity index is 1260. The van der Waals surface area contributed by atoms with Gasteiger partial charge in [0.05, 0.1) is 9.90 Å². The standard InChI is InChI=1S/C23H19Cl2N5OS/c1-13-3-5-15(6-4-13)28-20-12-21(27-14(2)26-20)29-16-7-9-17(10-8-16)30-23(31)18-11-19(24)32-22(18)25/h3-12H,1-2H3,(H,30,31)(H2,26,27,28,29). The molecule has 0 saturated carbocycles. The molecular weight excluding hydrogens is 465 g/mol. The Morgan fingerprint density at radius 3 is 1.88 bits per heavy atom. The highest BCUT2D eigenvalue weighted by molar-refractivity contribution is 7.20. The summed E-state index contributed by atoms with van der Waals surface area (Å²) in [6.45, 7) is 3.89. The van der Waals surface area contributed by atoms with Crippen LogP contribution in [0.25, 0.3) is 0 Å². The smallest absolute Gasteiger partial charge is 0.258 e. The highest BCUT2D eigenvalue weighted by atomic mass is 35.5. The zero-order chi connectivity index (χ0) is 22.7. The summed E-state index contributed by atoms with van der Waals surface area (Å²) < 4.78 is 0.830. The number of halogens is 2. The third-order valence-electron chi connectivity index (χ3n) is 4.48. The SMILES string of the molecule is Cc1ccc(Nc2cc(Nc3ccc(NC(=O)c4cc(Cl)sc4Cl)cc3)nc(C)n2)cc1. The number of aryl methyl sites for hydroxylation is 2. The molecule has 2 aromatic heterocycles. The maximum atomic E-state index is 12.4. The van der Waals surface area contributed by atoms with Gasteiger partial charge in [-0.25, -0.2) is 9.97 Å². The van der Waals surface area contributed by atoms with Crippen molar-refractivity contribution in [2.24, 2.45) is 0 Å². The van der Waals surface area contributed by atoms with Crippen molar-refractivity contribution in [2.45, 2.75) is 13.8 Å². The van der Waals surface area contributed by atoms with Crippen molar-refractivity contribution in [2.75, 3.05) is 16.0 Å². The minimum Gasteiger partial charge on any atom is -0.340 e. The first-order valence-corrected chi connectivity index (χ1v) is 11.3. The van der Waals surface area contributed by atoms with Crippen LogP contribution in [0.4, 0.5) is 28.7 Å². The Morgan fingerprint density at radius 1 is 0.812 bits per heavy atom. The highest BCUT2D eigenvalue weighted by Crippen LogP contribution is 2.31. The minimum absolute atomic E-state index is 0.308. The van der Waals surface area contributed by atoms with Gasteiger partial charge in [0.2, 0.25) is 0 Å². The molecule has 4 rings (SSSR count). The van der Waals surface area contributed by atoms with Gasteiger partial charge in [-0.3, -0.25) is 4.79 Å². The van der Waals surface area contributed by atoms with E-state index < -0.39 is 0 Å². The zero-order valence-corrected chi connectivity index (χ0v) is 19.6. The van der Waals surface area contributed by atoms with Gasteiger partial charge in [-0.15, -0.1) is 11.3 Å².